The van der Waals surface area contributed by atoms with Gasteiger partial charge in [-0.25, -0.2) is 0 Å². The van der Waals surface area contributed by atoms with Crippen molar-refractivity contribution < 1.29 is 24.5 Å². The predicted molar refractivity (Wildman–Crippen MR) is 46.3 cm³/mol. The van der Waals surface area contributed by atoms with Crippen molar-refractivity contribution in [1.82, 2.24) is 0 Å². The Morgan fingerprint density at radius 1 is 1.38 bits per heavy atom. The Balaban J connectivity index is 0. The summed E-state index contributed by atoms with van der Waals surface area (Å²) in [6.45, 7) is 3.32. The highest BCUT2D eigenvalue weighted by molar-refractivity contribution is 5.69. The molecule has 0 fully saturated rings. The molecule has 78 valence electrons. The molecule has 0 saturated heterocycles. The molecule has 0 aliphatic rings. The number of aliphatic hydroxyl groups excluding tert-OH is 1. The lowest BCUT2D eigenvalue weighted by Crippen LogP contribution is -2.03. The summed E-state index contributed by atoms with van der Waals surface area (Å²) in [5.41, 5.74) is 0. The first-order valence-electron chi connectivity index (χ1n) is 4.00. The molecule has 5 heteroatoms. The van der Waals surface area contributed by atoms with Gasteiger partial charge in [-0.3, -0.25) is 9.59 Å². The highest BCUT2D eigenvalue weighted by Crippen LogP contribution is 1.89. The molecule has 0 amide bonds. The SMILES string of the molecule is CC(=O)O.CCOC(=O)CCCO. The fourth-order valence-corrected chi connectivity index (χ4v) is 0.457. The highest BCUT2D eigenvalue weighted by Gasteiger charge is 1.97. The van der Waals surface area contributed by atoms with Crippen molar-refractivity contribution in [2.75, 3.05) is 13.2 Å². The number of ether oxygens (including phenoxy) is 1. The lowest BCUT2D eigenvalue weighted by molar-refractivity contribution is -0.143. The molecule has 0 aliphatic carbocycles. The molecular formula is C8H16O5. The van der Waals surface area contributed by atoms with Gasteiger partial charge in [-0.05, 0) is 13.3 Å². The van der Waals surface area contributed by atoms with Gasteiger partial charge in [0.05, 0.1) is 6.61 Å². The van der Waals surface area contributed by atoms with E-state index in [9.17, 15) is 4.79 Å². The zero-order valence-electron chi connectivity index (χ0n) is 7.95. The smallest absolute Gasteiger partial charge is 0.305 e. The van der Waals surface area contributed by atoms with Crippen LogP contribution in [0.15, 0.2) is 0 Å². The minimum Gasteiger partial charge on any atom is -0.481 e. The van der Waals surface area contributed by atoms with E-state index in [1.165, 1.54) is 0 Å². The summed E-state index contributed by atoms with van der Waals surface area (Å²) in [4.78, 5) is 19.5. The van der Waals surface area contributed by atoms with Gasteiger partial charge in [-0.15, -0.1) is 0 Å². The summed E-state index contributed by atoms with van der Waals surface area (Å²) in [5, 5.41) is 15.7. The Morgan fingerprint density at radius 2 is 1.85 bits per heavy atom. The van der Waals surface area contributed by atoms with Crippen molar-refractivity contribution in [3.8, 4) is 0 Å². The molecule has 5 nitrogen and oxygen atoms in total. The number of carbonyl (C=O) groups is 2. The van der Waals surface area contributed by atoms with Gasteiger partial charge in [-0.2, -0.15) is 0 Å². The monoisotopic (exact) mass is 192 g/mol. The lowest BCUT2D eigenvalue weighted by atomic mass is 10.3. The zero-order chi connectivity index (χ0) is 10.7. The van der Waals surface area contributed by atoms with Crippen molar-refractivity contribution in [1.29, 1.82) is 0 Å². The van der Waals surface area contributed by atoms with Crippen LogP contribution in [0.1, 0.15) is 26.7 Å². The van der Waals surface area contributed by atoms with Gasteiger partial charge in [0, 0.05) is 20.0 Å². The van der Waals surface area contributed by atoms with Crippen LogP contribution in [-0.4, -0.2) is 35.4 Å². The number of aliphatic hydroxyl groups is 1. The van der Waals surface area contributed by atoms with E-state index in [4.69, 9.17) is 15.0 Å². The van der Waals surface area contributed by atoms with Crippen molar-refractivity contribution in [3.05, 3.63) is 0 Å². The second-order valence-electron chi connectivity index (χ2n) is 2.15. The first kappa shape index (κ1) is 14.4. The topological polar surface area (TPSA) is 83.8 Å². The lowest BCUT2D eigenvalue weighted by Gasteiger charge is -1.97. The molecule has 0 bridgehead atoms. The fourth-order valence-electron chi connectivity index (χ4n) is 0.457. The van der Waals surface area contributed by atoms with E-state index in [-0.39, 0.29) is 12.6 Å². The standard InChI is InChI=1S/C6H12O3.C2H4O2/c1-2-9-6(8)4-3-5-7;1-2(3)4/h7H,2-5H2,1H3;1H3,(H,3,4). The average molecular weight is 192 g/mol. The van der Waals surface area contributed by atoms with E-state index in [2.05, 4.69) is 4.74 Å². The van der Waals surface area contributed by atoms with Crippen LogP contribution in [0.3, 0.4) is 0 Å². The third-order valence-corrected chi connectivity index (χ3v) is 0.844. The summed E-state index contributed by atoms with van der Waals surface area (Å²) in [5.74, 6) is -1.06. The molecule has 13 heavy (non-hydrogen) atoms. The minimum absolute atomic E-state index is 0.0544. The molecule has 0 atom stereocenters. The van der Waals surface area contributed by atoms with Gasteiger partial charge in [0.15, 0.2) is 0 Å². The maximum atomic E-state index is 10.5. The van der Waals surface area contributed by atoms with Crippen LogP contribution in [0.5, 0.6) is 0 Å². The van der Waals surface area contributed by atoms with E-state index >= 15 is 0 Å². The molecule has 0 rings (SSSR count). The average Bonchev–Trinajstić information content (AvgIpc) is 2.00. The van der Waals surface area contributed by atoms with Crippen LogP contribution in [0.4, 0.5) is 0 Å². The summed E-state index contributed by atoms with van der Waals surface area (Å²) in [7, 11) is 0. The highest BCUT2D eigenvalue weighted by atomic mass is 16.5. The molecule has 0 aromatic heterocycles. The second-order valence-corrected chi connectivity index (χ2v) is 2.15. The number of rotatable bonds is 4. The van der Waals surface area contributed by atoms with Gasteiger partial charge in [-0.1, -0.05) is 0 Å². The minimum atomic E-state index is -0.833. The van der Waals surface area contributed by atoms with Gasteiger partial charge in [0.1, 0.15) is 0 Å². The van der Waals surface area contributed by atoms with Crippen LogP contribution in [0, 0.1) is 0 Å². The van der Waals surface area contributed by atoms with Crippen LogP contribution < -0.4 is 0 Å². The van der Waals surface area contributed by atoms with Crippen LogP contribution in [0.25, 0.3) is 0 Å². The largest absolute Gasteiger partial charge is 0.481 e. The van der Waals surface area contributed by atoms with Crippen molar-refractivity contribution in [3.63, 3.8) is 0 Å². The molecule has 0 radical (unpaired) electrons. The molecule has 0 aromatic rings. The van der Waals surface area contributed by atoms with Crippen LogP contribution in [-0.2, 0) is 14.3 Å². The summed E-state index contributed by atoms with van der Waals surface area (Å²) >= 11 is 0. The number of aliphatic carboxylic acids is 1. The first-order chi connectivity index (χ1) is 6.04. The molecule has 2 N–H and O–H groups in total. The van der Waals surface area contributed by atoms with E-state index in [0.29, 0.717) is 19.4 Å². The predicted octanol–water partition coefficient (Wildman–Crippen LogP) is 0.413. The summed E-state index contributed by atoms with van der Waals surface area (Å²) < 4.78 is 4.59. The van der Waals surface area contributed by atoms with Crippen LogP contribution >= 0.6 is 0 Å². The Hall–Kier alpha value is -1.10. The third-order valence-electron chi connectivity index (χ3n) is 0.844. The van der Waals surface area contributed by atoms with Gasteiger partial charge in [0.25, 0.3) is 5.97 Å². The van der Waals surface area contributed by atoms with Crippen molar-refractivity contribution in [2.45, 2.75) is 26.7 Å². The quantitative estimate of drug-likeness (QED) is 0.630. The number of esters is 1. The number of carbonyl (C=O) groups excluding carboxylic acids is 1. The molecule has 0 unspecified atom stereocenters. The molecular weight excluding hydrogens is 176 g/mol. The Labute approximate surface area is 77.3 Å². The van der Waals surface area contributed by atoms with Gasteiger partial charge >= 0.3 is 5.97 Å². The Morgan fingerprint density at radius 3 is 2.15 bits per heavy atom. The van der Waals surface area contributed by atoms with E-state index in [1.807, 2.05) is 0 Å². The third kappa shape index (κ3) is 24.8. The van der Waals surface area contributed by atoms with Gasteiger partial charge in [0.2, 0.25) is 0 Å². The van der Waals surface area contributed by atoms with E-state index in [1.54, 1.807) is 6.92 Å². The van der Waals surface area contributed by atoms with Crippen molar-refractivity contribution in [2.24, 2.45) is 0 Å². The van der Waals surface area contributed by atoms with Crippen LogP contribution in [0.2, 0.25) is 0 Å². The van der Waals surface area contributed by atoms with Gasteiger partial charge < -0.3 is 14.9 Å². The molecule has 0 aromatic carbocycles. The molecule has 0 heterocycles. The second kappa shape index (κ2) is 10.9. The normalized spacial score (nSPS) is 8.23. The maximum absolute atomic E-state index is 10.5. The van der Waals surface area contributed by atoms with E-state index < -0.39 is 5.97 Å². The molecule has 0 spiro atoms. The number of carboxylic acids is 1. The van der Waals surface area contributed by atoms with Crippen molar-refractivity contribution >= 4 is 11.9 Å². The summed E-state index contributed by atoms with van der Waals surface area (Å²) in [6.07, 6.45) is 0.823. The Bertz CT molecular complexity index is 139. The Kier molecular flexibility index (Phi) is 12.1. The number of hydrogen-bond donors (Lipinski definition) is 2. The first-order valence-corrected chi connectivity index (χ1v) is 4.00. The fraction of sp³-hybridized carbons (Fsp3) is 0.750. The maximum Gasteiger partial charge on any atom is 0.305 e. The number of carboxylic acid groups (broad SMARTS) is 1. The molecule has 0 aliphatic heterocycles. The van der Waals surface area contributed by atoms with E-state index in [0.717, 1.165) is 6.92 Å². The number of hydrogen-bond acceptors (Lipinski definition) is 4. The summed E-state index contributed by atoms with van der Waals surface area (Å²) in [6, 6.07) is 0. The zero-order valence-corrected chi connectivity index (χ0v) is 7.95. The molecule has 0 saturated carbocycles.